The third-order valence-corrected chi connectivity index (χ3v) is 2.56. The maximum atomic E-state index is 5.27. The van der Waals surface area contributed by atoms with Crippen molar-refractivity contribution in [3.05, 3.63) is 29.3 Å². The van der Waals surface area contributed by atoms with Gasteiger partial charge in [-0.2, -0.15) is 0 Å². The number of aromatic nitrogens is 2. The number of rotatable bonds is 2. The zero-order chi connectivity index (χ0) is 11.7. The summed E-state index contributed by atoms with van der Waals surface area (Å²) in [4.78, 5) is 4.37. The van der Waals surface area contributed by atoms with E-state index in [1.165, 1.54) is 0 Å². The second-order valence-electron chi connectivity index (χ2n) is 3.74. The van der Waals surface area contributed by atoms with Gasteiger partial charge in [0.05, 0.1) is 24.1 Å². The fourth-order valence-corrected chi connectivity index (χ4v) is 1.71. The molecule has 0 unspecified atom stereocenters. The molecule has 0 saturated carbocycles. The first-order valence-corrected chi connectivity index (χ1v) is 5.07. The van der Waals surface area contributed by atoms with Crippen molar-refractivity contribution in [2.45, 2.75) is 20.8 Å². The van der Waals surface area contributed by atoms with Gasteiger partial charge in [0.2, 0.25) is 0 Å². The van der Waals surface area contributed by atoms with Crippen LogP contribution in [0.25, 0.3) is 11.3 Å². The van der Waals surface area contributed by atoms with E-state index >= 15 is 0 Å². The summed E-state index contributed by atoms with van der Waals surface area (Å²) in [5.74, 6) is 1.60. The van der Waals surface area contributed by atoms with Crippen LogP contribution in [0.1, 0.15) is 17.0 Å². The predicted octanol–water partition coefficient (Wildman–Crippen LogP) is 2.67. The van der Waals surface area contributed by atoms with Crippen molar-refractivity contribution in [2.24, 2.45) is 0 Å². The summed E-state index contributed by atoms with van der Waals surface area (Å²) >= 11 is 0. The van der Waals surface area contributed by atoms with Crippen LogP contribution in [0.2, 0.25) is 0 Å². The first-order valence-electron chi connectivity index (χ1n) is 5.07. The Bertz CT molecular complexity index is 498. The minimum absolute atomic E-state index is 0.774. The van der Waals surface area contributed by atoms with Crippen molar-refractivity contribution >= 4 is 0 Å². The lowest BCUT2D eigenvalue weighted by Gasteiger charge is -2.06. The van der Waals surface area contributed by atoms with Gasteiger partial charge in [-0.15, -0.1) is 0 Å². The van der Waals surface area contributed by atoms with Crippen LogP contribution in [0, 0.1) is 20.8 Å². The molecule has 0 radical (unpaired) electrons. The molecule has 0 bridgehead atoms. The van der Waals surface area contributed by atoms with Crippen molar-refractivity contribution in [1.29, 1.82) is 0 Å². The molecule has 2 rings (SSSR count). The van der Waals surface area contributed by atoms with Crippen LogP contribution < -0.4 is 4.74 Å². The third kappa shape index (κ3) is 1.66. The van der Waals surface area contributed by atoms with E-state index in [1.54, 1.807) is 13.3 Å². The molecule has 2 heterocycles. The number of hydrogen-bond acceptors (Lipinski definition) is 4. The summed E-state index contributed by atoms with van der Waals surface area (Å²) in [5.41, 5.74) is 3.63. The highest BCUT2D eigenvalue weighted by atomic mass is 16.5. The van der Waals surface area contributed by atoms with Gasteiger partial charge >= 0.3 is 0 Å². The van der Waals surface area contributed by atoms with Gasteiger partial charge in [-0.25, -0.2) is 0 Å². The van der Waals surface area contributed by atoms with E-state index < -0.39 is 0 Å². The molecular weight excluding hydrogens is 204 g/mol. The molecule has 0 atom stereocenters. The second-order valence-corrected chi connectivity index (χ2v) is 3.74. The summed E-state index contributed by atoms with van der Waals surface area (Å²) in [6.07, 6.45) is 1.79. The van der Waals surface area contributed by atoms with Gasteiger partial charge in [0.25, 0.3) is 0 Å². The molecule has 0 N–H and O–H groups in total. The fourth-order valence-electron chi connectivity index (χ4n) is 1.71. The van der Waals surface area contributed by atoms with Crippen LogP contribution in [-0.4, -0.2) is 17.3 Å². The van der Waals surface area contributed by atoms with Crippen LogP contribution in [0.15, 0.2) is 16.8 Å². The van der Waals surface area contributed by atoms with Gasteiger partial charge in [-0.05, 0) is 20.8 Å². The van der Waals surface area contributed by atoms with Gasteiger partial charge in [0.15, 0.2) is 0 Å². The molecule has 0 aliphatic heterocycles. The smallest absolute Gasteiger partial charge is 0.143 e. The van der Waals surface area contributed by atoms with E-state index in [9.17, 15) is 0 Å². The molecule has 4 heteroatoms. The van der Waals surface area contributed by atoms with Gasteiger partial charge in [-0.1, -0.05) is 5.16 Å². The largest absolute Gasteiger partial charge is 0.496 e. The summed E-state index contributed by atoms with van der Waals surface area (Å²) in [6.45, 7) is 5.74. The predicted molar refractivity (Wildman–Crippen MR) is 60.5 cm³/mol. The van der Waals surface area contributed by atoms with Gasteiger partial charge in [0.1, 0.15) is 11.5 Å². The van der Waals surface area contributed by atoms with E-state index in [1.807, 2.05) is 26.8 Å². The number of ether oxygens (including phenoxy) is 1. The average Bonchev–Trinajstić information content (AvgIpc) is 2.60. The molecule has 0 aromatic carbocycles. The Morgan fingerprint density at radius 2 is 2.00 bits per heavy atom. The Kier molecular flexibility index (Phi) is 2.64. The van der Waals surface area contributed by atoms with Crippen molar-refractivity contribution in [2.75, 3.05) is 7.11 Å². The maximum absolute atomic E-state index is 5.27. The van der Waals surface area contributed by atoms with Crippen molar-refractivity contribution in [3.8, 4) is 17.0 Å². The molecule has 0 fully saturated rings. The number of aryl methyl sites for hydroxylation is 3. The van der Waals surface area contributed by atoms with Crippen LogP contribution >= 0.6 is 0 Å². The molecular formula is C12H14N2O2. The molecule has 0 aliphatic carbocycles. The topological polar surface area (TPSA) is 48.2 Å². The highest BCUT2D eigenvalue weighted by molar-refractivity contribution is 5.65. The van der Waals surface area contributed by atoms with Crippen LogP contribution in [0.4, 0.5) is 0 Å². The van der Waals surface area contributed by atoms with E-state index in [0.29, 0.717) is 0 Å². The first kappa shape index (κ1) is 10.7. The van der Waals surface area contributed by atoms with Crippen LogP contribution in [0.3, 0.4) is 0 Å². The second kappa shape index (κ2) is 3.96. The molecule has 0 amide bonds. The lowest BCUT2D eigenvalue weighted by atomic mass is 10.1. The zero-order valence-corrected chi connectivity index (χ0v) is 9.87. The molecule has 2 aromatic rings. The quantitative estimate of drug-likeness (QED) is 0.777. The number of methoxy groups -OCH3 is 1. The zero-order valence-electron chi connectivity index (χ0n) is 9.87. The Hall–Kier alpha value is -1.84. The normalized spacial score (nSPS) is 10.5. The Labute approximate surface area is 94.2 Å². The molecule has 0 spiro atoms. The molecule has 16 heavy (non-hydrogen) atoms. The number of nitrogens with zero attached hydrogens (tertiary/aromatic N) is 2. The minimum Gasteiger partial charge on any atom is -0.496 e. The first-order chi connectivity index (χ1) is 7.63. The average molecular weight is 218 g/mol. The lowest BCUT2D eigenvalue weighted by molar-refractivity contribution is 0.393. The monoisotopic (exact) mass is 218 g/mol. The van der Waals surface area contributed by atoms with Crippen LogP contribution in [-0.2, 0) is 0 Å². The SMILES string of the molecule is COc1cc(-c2c(C)noc2C)ncc1C. The Balaban J connectivity index is 2.57. The van der Waals surface area contributed by atoms with Crippen molar-refractivity contribution in [3.63, 3.8) is 0 Å². The third-order valence-electron chi connectivity index (χ3n) is 2.56. The lowest BCUT2D eigenvalue weighted by Crippen LogP contribution is -1.92. The Morgan fingerprint density at radius 3 is 2.56 bits per heavy atom. The van der Waals surface area contributed by atoms with E-state index in [-0.39, 0.29) is 0 Å². The highest BCUT2D eigenvalue weighted by Gasteiger charge is 2.14. The fraction of sp³-hybridized carbons (Fsp3) is 0.333. The van der Waals surface area contributed by atoms with Gasteiger partial charge in [-0.3, -0.25) is 4.98 Å². The minimum atomic E-state index is 0.774. The standard InChI is InChI=1S/C12H14N2O2/c1-7-6-13-10(5-11(7)15-4)12-8(2)14-16-9(12)3/h5-6H,1-4H3. The molecule has 2 aromatic heterocycles. The molecule has 0 saturated heterocycles. The number of hydrogen-bond donors (Lipinski definition) is 0. The molecule has 84 valence electrons. The van der Waals surface area contributed by atoms with Crippen molar-refractivity contribution < 1.29 is 9.26 Å². The summed E-state index contributed by atoms with van der Waals surface area (Å²) in [6, 6.07) is 1.90. The summed E-state index contributed by atoms with van der Waals surface area (Å²) in [5, 5.41) is 3.91. The number of pyridine rings is 1. The van der Waals surface area contributed by atoms with Crippen molar-refractivity contribution in [1.82, 2.24) is 10.1 Å². The van der Waals surface area contributed by atoms with Crippen LogP contribution in [0.5, 0.6) is 5.75 Å². The van der Waals surface area contributed by atoms with Gasteiger partial charge < -0.3 is 9.26 Å². The van der Waals surface area contributed by atoms with E-state index in [2.05, 4.69) is 10.1 Å². The van der Waals surface area contributed by atoms with E-state index in [0.717, 1.165) is 34.0 Å². The molecule has 4 nitrogen and oxygen atoms in total. The summed E-state index contributed by atoms with van der Waals surface area (Å²) in [7, 11) is 1.65. The maximum Gasteiger partial charge on any atom is 0.143 e. The summed E-state index contributed by atoms with van der Waals surface area (Å²) < 4.78 is 10.4. The van der Waals surface area contributed by atoms with E-state index in [4.69, 9.17) is 9.26 Å². The highest BCUT2D eigenvalue weighted by Crippen LogP contribution is 2.28. The molecule has 0 aliphatic rings. The Morgan fingerprint density at radius 1 is 1.25 bits per heavy atom. The van der Waals surface area contributed by atoms with Gasteiger partial charge in [0, 0.05) is 17.8 Å².